The van der Waals surface area contributed by atoms with Crippen molar-refractivity contribution in [1.82, 2.24) is 15.2 Å². The van der Waals surface area contributed by atoms with Crippen molar-refractivity contribution < 1.29 is 9.59 Å². The summed E-state index contributed by atoms with van der Waals surface area (Å²) in [6.45, 7) is 7.77. The molecule has 0 unspecified atom stereocenters. The lowest BCUT2D eigenvalue weighted by Crippen LogP contribution is -2.46. The zero-order chi connectivity index (χ0) is 22.8. The van der Waals surface area contributed by atoms with Crippen LogP contribution in [0.3, 0.4) is 0 Å². The molecule has 0 saturated carbocycles. The standard InChI is InChI=1S/C26H26N4O2S/c1-2-10-29-11-13-30(14-12-29)21-8-6-18(7-9-21)22-5-3-4-19-17-27-20(15-23(19)22)16-24-25(31)28-26(32)33-24/h3-9,15-17H,2,10-14H2,1H3,(H,28,31,32). The third-order valence-corrected chi connectivity index (χ3v) is 6.97. The van der Waals surface area contributed by atoms with E-state index in [1.54, 1.807) is 6.08 Å². The van der Waals surface area contributed by atoms with Crippen LogP contribution in [0.1, 0.15) is 19.0 Å². The number of imide groups is 1. The number of amides is 2. The molecule has 3 heterocycles. The van der Waals surface area contributed by atoms with Crippen LogP contribution in [-0.2, 0) is 4.79 Å². The van der Waals surface area contributed by atoms with Crippen LogP contribution in [0.2, 0.25) is 0 Å². The molecule has 1 aromatic heterocycles. The number of carbonyl (C=O) groups is 2. The van der Waals surface area contributed by atoms with E-state index in [4.69, 9.17) is 0 Å². The van der Waals surface area contributed by atoms with Gasteiger partial charge in [-0.15, -0.1) is 0 Å². The predicted octanol–water partition coefficient (Wildman–Crippen LogP) is 4.76. The van der Waals surface area contributed by atoms with Crippen molar-refractivity contribution in [3.8, 4) is 11.1 Å². The zero-order valence-corrected chi connectivity index (χ0v) is 19.4. The van der Waals surface area contributed by atoms with Crippen molar-refractivity contribution in [3.05, 3.63) is 65.3 Å². The second-order valence-electron chi connectivity index (χ2n) is 8.36. The lowest BCUT2D eigenvalue weighted by Gasteiger charge is -2.36. The second-order valence-corrected chi connectivity index (χ2v) is 9.38. The molecule has 2 aliphatic rings. The number of anilines is 1. The van der Waals surface area contributed by atoms with Crippen LogP contribution >= 0.6 is 11.8 Å². The first-order chi connectivity index (χ1) is 16.1. The number of hydrogen-bond donors (Lipinski definition) is 1. The molecule has 6 nitrogen and oxygen atoms in total. The minimum Gasteiger partial charge on any atom is -0.369 e. The average Bonchev–Trinajstić information content (AvgIpc) is 3.16. The van der Waals surface area contributed by atoms with E-state index in [1.165, 1.54) is 18.7 Å². The van der Waals surface area contributed by atoms with Crippen molar-refractivity contribution in [1.29, 1.82) is 0 Å². The first kappa shape index (κ1) is 21.7. The van der Waals surface area contributed by atoms with Gasteiger partial charge in [0.05, 0.1) is 10.6 Å². The Bertz CT molecular complexity index is 1230. The molecule has 0 aliphatic carbocycles. The first-order valence-corrected chi connectivity index (χ1v) is 12.1. The van der Waals surface area contributed by atoms with E-state index in [1.807, 2.05) is 24.4 Å². The van der Waals surface area contributed by atoms with Crippen molar-refractivity contribution in [2.24, 2.45) is 0 Å². The summed E-state index contributed by atoms with van der Waals surface area (Å²) in [6, 6.07) is 16.9. The maximum atomic E-state index is 11.9. The van der Waals surface area contributed by atoms with Gasteiger partial charge in [0.2, 0.25) is 0 Å². The van der Waals surface area contributed by atoms with Gasteiger partial charge in [-0.1, -0.05) is 37.3 Å². The Morgan fingerprint density at radius 2 is 1.85 bits per heavy atom. The summed E-state index contributed by atoms with van der Waals surface area (Å²) >= 11 is 0.906. The SMILES string of the molecule is CCCN1CCN(c2ccc(-c3cccc4cnc(C=C5SC(=O)NC5=O)cc34)cc2)CC1. The molecule has 2 saturated heterocycles. The number of piperazine rings is 1. The topological polar surface area (TPSA) is 65.5 Å². The molecule has 168 valence electrons. The highest BCUT2D eigenvalue weighted by Gasteiger charge is 2.25. The van der Waals surface area contributed by atoms with Crippen LogP contribution in [0.4, 0.5) is 10.5 Å². The Morgan fingerprint density at radius 1 is 1.06 bits per heavy atom. The van der Waals surface area contributed by atoms with Crippen LogP contribution in [-0.4, -0.2) is 53.8 Å². The molecular weight excluding hydrogens is 432 g/mol. The molecular formula is C26H26N4O2S. The van der Waals surface area contributed by atoms with E-state index >= 15 is 0 Å². The third kappa shape index (κ3) is 4.65. The van der Waals surface area contributed by atoms with E-state index in [0.717, 1.165) is 59.8 Å². The number of pyridine rings is 1. The number of hydrogen-bond acceptors (Lipinski definition) is 6. The van der Waals surface area contributed by atoms with Gasteiger partial charge in [0.1, 0.15) is 0 Å². The molecule has 2 fully saturated rings. The molecule has 0 bridgehead atoms. The predicted molar refractivity (Wildman–Crippen MR) is 135 cm³/mol. The minimum atomic E-state index is -0.369. The highest BCUT2D eigenvalue weighted by Crippen LogP contribution is 2.32. The van der Waals surface area contributed by atoms with Gasteiger partial charge < -0.3 is 4.90 Å². The molecule has 0 spiro atoms. The Hall–Kier alpha value is -3.16. The number of thioether (sulfide) groups is 1. The summed E-state index contributed by atoms with van der Waals surface area (Å²) in [5.74, 6) is -0.369. The molecule has 7 heteroatoms. The van der Waals surface area contributed by atoms with Gasteiger partial charge in [-0.05, 0) is 65.5 Å². The number of aromatic nitrogens is 1. The quantitative estimate of drug-likeness (QED) is 0.556. The van der Waals surface area contributed by atoms with Gasteiger partial charge in [-0.2, -0.15) is 0 Å². The number of nitrogens with one attached hydrogen (secondary N) is 1. The fraction of sp³-hybridized carbons (Fsp3) is 0.269. The minimum absolute atomic E-state index is 0.348. The fourth-order valence-corrected chi connectivity index (χ4v) is 5.14. The molecule has 2 amide bonds. The molecule has 0 atom stereocenters. The molecule has 1 N–H and O–H groups in total. The molecule has 0 radical (unpaired) electrons. The second kappa shape index (κ2) is 9.37. The van der Waals surface area contributed by atoms with E-state index in [-0.39, 0.29) is 11.1 Å². The molecule has 2 aromatic carbocycles. The largest absolute Gasteiger partial charge is 0.369 e. The summed E-state index contributed by atoms with van der Waals surface area (Å²) in [5, 5.41) is 4.03. The number of fused-ring (bicyclic) bond motifs is 1. The fourth-order valence-electron chi connectivity index (χ4n) is 4.47. The summed E-state index contributed by atoms with van der Waals surface area (Å²) in [6.07, 6.45) is 4.69. The van der Waals surface area contributed by atoms with E-state index < -0.39 is 0 Å². The monoisotopic (exact) mass is 458 g/mol. The van der Waals surface area contributed by atoms with Crippen LogP contribution in [0.25, 0.3) is 28.0 Å². The van der Waals surface area contributed by atoms with Gasteiger partial charge in [-0.3, -0.25) is 24.8 Å². The summed E-state index contributed by atoms with van der Waals surface area (Å²) in [7, 11) is 0. The van der Waals surface area contributed by atoms with Gasteiger partial charge >= 0.3 is 0 Å². The highest BCUT2D eigenvalue weighted by molar-refractivity contribution is 8.18. The zero-order valence-electron chi connectivity index (χ0n) is 18.6. The number of nitrogens with zero attached hydrogens (tertiary/aromatic N) is 3. The van der Waals surface area contributed by atoms with Gasteiger partial charge in [0, 0.05) is 43.4 Å². The Labute approximate surface area is 197 Å². The molecule has 5 rings (SSSR count). The smallest absolute Gasteiger partial charge is 0.290 e. The van der Waals surface area contributed by atoms with E-state index in [0.29, 0.717) is 10.6 Å². The third-order valence-electron chi connectivity index (χ3n) is 6.16. The van der Waals surface area contributed by atoms with Crippen LogP contribution in [0, 0.1) is 0 Å². The van der Waals surface area contributed by atoms with E-state index in [9.17, 15) is 9.59 Å². The lowest BCUT2D eigenvalue weighted by atomic mass is 9.98. The molecule has 3 aromatic rings. The Balaban J connectivity index is 1.41. The molecule has 33 heavy (non-hydrogen) atoms. The van der Waals surface area contributed by atoms with Crippen LogP contribution < -0.4 is 10.2 Å². The van der Waals surface area contributed by atoms with Crippen molar-refractivity contribution >= 4 is 45.4 Å². The summed E-state index contributed by atoms with van der Waals surface area (Å²) < 4.78 is 0. The van der Waals surface area contributed by atoms with Crippen molar-refractivity contribution in [2.45, 2.75) is 13.3 Å². The first-order valence-electron chi connectivity index (χ1n) is 11.3. The van der Waals surface area contributed by atoms with E-state index in [2.05, 4.69) is 57.4 Å². The number of benzene rings is 2. The van der Waals surface area contributed by atoms with Crippen LogP contribution in [0.15, 0.2) is 59.6 Å². The molecule has 2 aliphatic heterocycles. The normalized spacial score (nSPS) is 18.3. The number of rotatable bonds is 5. The maximum Gasteiger partial charge on any atom is 0.290 e. The highest BCUT2D eigenvalue weighted by atomic mass is 32.2. The maximum absolute atomic E-state index is 11.9. The van der Waals surface area contributed by atoms with Crippen LogP contribution in [0.5, 0.6) is 0 Å². The summed E-state index contributed by atoms with van der Waals surface area (Å²) in [4.78, 5) is 33.2. The average molecular weight is 459 g/mol. The van der Waals surface area contributed by atoms with Gasteiger partial charge in [-0.25, -0.2) is 0 Å². The Kier molecular flexibility index (Phi) is 6.15. The summed E-state index contributed by atoms with van der Waals surface area (Å²) in [5.41, 5.74) is 4.18. The Morgan fingerprint density at radius 3 is 2.55 bits per heavy atom. The van der Waals surface area contributed by atoms with Crippen molar-refractivity contribution in [3.63, 3.8) is 0 Å². The number of carbonyl (C=O) groups excluding carboxylic acids is 2. The van der Waals surface area contributed by atoms with Crippen molar-refractivity contribution in [2.75, 3.05) is 37.6 Å². The lowest BCUT2D eigenvalue weighted by molar-refractivity contribution is -0.115. The van der Waals surface area contributed by atoms with Gasteiger partial charge in [0.15, 0.2) is 0 Å². The van der Waals surface area contributed by atoms with Gasteiger partial charge in [0.25, 0.3) is 11.1 Å².